The van der Waals surface area contributed by atoms with Gasteiger partial charge in [-0.25, -0.2) is 4.98 Å². The SMILES string of the molecule is CCC1CCCC(Nc2nc3ccccc3cc2C#N)C1. The van der Waals surface area contributed by atoms with Crippen LogP contribution < -0.4 is 5.32 Å². The highest BCUT2D eigenvalue weighted by Crippen LogP contribution is 2.29. The van der Waals surface area contributed by atoms with Crippen LogP contribution >= 0.6 is 0 Å². The molecule has 0 saturated heterocycles. The minimum absolute atomic E-state index is 0.449. The molecule has 1 saturated carbocycles. The van der Waals surface area contributed by atoms with Crippen LogP contribution in [0.2, 0.25) is 0 Å². The second-order valence-corrected chi connectivity index (χ2v) is 5.97. The molecule has 0 amide bonds. The Labute approximate surface area is 126 Å². The summed E-state index contributed by atoms with van der Waals surface area (Å²) < 4.78 is 0. The van der Waals surface area contributed by atoms with Crippen LogP contribution in [-0.4, -0.2) is 11.0 Å². The smallest absolute Gasteiger partial charge is 0.144 e. The van der Waals surface area contributed by atoms with Gasteiger partial charge in [0, 0.05) is 11.4 Å². The van der Waals surface area contributed by atoms with E-state index in [0.29, 0.717) is 11.6 Å². The lowest BCUT2D eigenvalue weighted by Crippen LogP contribution is -2.27. The van der Waals surface area contributed by atoms with E-state index in [1.54, 1.807) is 0 Å². The van der Waals surface area contributed by atoms with Crippen molar-refractivity contribution in [2.24, 2.45) is 5.92 Å². The van der Waals surface area contributed by atoms with Gasteiger partial charge in [0.05, 0.1) is 11.1 Å². The standard InChI is InChI=1S/C18H21N3/c1-2-13-6-5-8-16(10-13)20-18-15(12-19)11-14-7-3-4-9-17(14)21-18/h3-4,7,9,11,13,16H,2,5-6,8,10H2,1H3,(H,20,21). The molecule has 1 aromatic heterocycles. The molecule has 1 aliphatic carbocycles. The van der Waals surface area contributed by atoms with Crippen LogP contribution in [0.5, 0.6) is 0 Å². The molecule has 0 bridgehead atoms. The first-order chi connectivity index (χ1) is 10.3. The zero-order valence-corrected chi connectivity index (χ0v) is 12.5. The summed E-state index contributed by atoms with van der Waals surface area (Å²) >= 11 is 0. The van der Waals surface area contributed by atoms with Crippen LogP contribution in [0.4, 0.5) is 5.82 Å². The molecule has 3 nitrogen and oxygen atoms in total. The lowest BCUT2D eigenvalue weighted by Gasteiger charge is -2.29. The Hall–Kier alpha value is -2.08. The second kappa shape index (κ2) is 6.13. The third-order valence-corrected chi connectivity index (χ3v) is 4.55. The van der Waals surface area contributed by atoms with Crippen molar-refractivity contribution in [1.82, 2.24) is 4.98 Å². The number of benzene rings is 1. The van der Waals surface area contributed by atoms with Crippen molar-refractivity contribution in [2.75, 3.05) is 5.32 Å². The lowest BCUT2D eigenvalue weighted by atomic mass is 9.84. The zero-order valence-electron chi connectivity index (χ0n) is 12.5. The molecule has 1 heterocycles. The Balaban J connectivity index is 1.87. The molecule has 2 aromatic rings. The largest absolute Gasteiger partial charge is 0.366 e. The summed E-state index contributed by atoms with van der Waals surface area (Å²) in [6.45, 7) is 2.27. The lowest BCUT2D eigenvalue weighted by molar-refractivity contribution is 0.327. The number of nitrogens with one attached hydrogen (secondary N) is 1. The number of para-hydroxylation sites is 1. The Bertz CT molecular complexity index is 672. The first-order valence-electron chi connectivity index (χ1n) is 7.86. The van der Waals surface area contributed by atoms with Crippen LogP contribution in [0.3, 0.4) is 0 Å². The predicted molar refractivity (Wildman–Crippen MR) is 86.1 cm³/mol. The van der Waals surface area contributed by atoms with Crippen LogP contribution in [0.25, 0.3) is 10.9 Å². The van der Waals surface area contributed by atoms with E-state index in [9.17, 15) is 5.26 Å². The van der Waals surface area contributed by atoms with Crippen molar-refractivity contribution >= 4 is 16.7 Å². The highest BCUT2D eigenvalue weighted by atomic mass is 15.0. The minimum Gasteiger partial charge on any atom is -0.366 e. The molecule has 1 fully saturated rings. The quantitative estimate of drug-likeness (QED) is 0.900. The van der Waals surface area contributed by atoms with E-state index in [-0.39, 0.29) is 0 Å². The van der Waals surface area contributed by atoms with Crippen molar-refractivity contribution in [2.45, 2.75) is 45.1 Å². The number of aromatic nitrogens is 1. The Kier molecular flexibility index (Phi) is 4.06. The van der Waals surface area contributed by atoms with Crippen molar-refractivity contribution < 1.29 is 0 Å². The van der Waals surface area contributed by atoms with Crippen molar-refractivity contribution in [3.63, 3.8) is 0 Å². The first-order valence-corrected chi connectivity index (χ1v) is 7.86. The van der Waals surface area contributed by atoms with Gasteiger partial charge in [0.25, 0.3) is 0 Å². The van der Waals surface area contributed by atoms with Crippen LogP contribution in [-0.2, 0) is 0 Å². The van der Waals surface area contributed by atoms with E-state index in [2.05, 4.69) is 23.3 Å². The topological polar surface area (TPSA) is 48.7 Å². The first kappa shape index (κ1) is 13.9. The molecule has 0 spiro atoms. The summed E-state index contributed by atoms with van der Waals surface area (Å²) in [5.41, 5.74) is 1.59. The maximum Gasteiger partial charge on any atom is 0.144 e. The summed E-state index contributed by atoms with van der Waals surface area (Å²) in [6.07, 6.45) is 6.22. The summed E-state index contributed by atoms with van der Waals surface area (Å²) in [7, 11) is 0. The number of fused-ring (bicyclic) bond motifs is 1. The fourth-order valence-corrected chi connectivity index (χ4v) is 3.30. The van der Waals surface area contributed by atoms with Gasteiger partial charge in [-0.2, -0.15) is 5.26 Å². The van der Waals surface area contributed by atoms with Crippen LogP contribution in [0.15, 0.2) is 30.3 Å². The van der Waals surface area contributed by atoms with E-state index in [1.165, 1.54) is 32.1 Å². The van der Waals surface area contributed by atoms with Crippen molar-refractivity contribution in [3.05, 3.63) is 35.9 Å². The number of hydrogen-bond donors (Lipinski definition) is 1. The maximum absolute atomic E-state index is 9.38. The van der Waals surface area contributed by atoms with Gasteiger partial charge in [-0.3, -0.25) is 0 Å². The average molecular weight is 279 g/mol. The Morgan fingerprint density at radius 1 is 1.33 bits per heavy atom. The molecule has 2 atom stereocenters. The number of nitrogens with zero attached hydrogens (tertiary/aromatic N) is 2. The van der Waals surface area contributed by atoms with E-state index in [0.717, 1.165) is 22.6 Å². The normalized spacial score (nSPS) is 21.9. The van der Waals surface area contributed by atoms with Gasteiger partial charge in [0.15, 0.2) is 0 Å². The average Bonchev–Trinajstić information content (AvgIpc) is 2.54. The summed E-state index contributed by atoms with van der Waals surface area (Å²) in [6, 6.07) is 12.6. The third kappa shape index (κ3) is 3.00. The van der Waals surface area contributed by atoms with E-state index in [4.69, 9.17) is 0 Å². The molecule has 2 unspecified atom stereocenters. The molecule has 21 heavy (non-hydrogen) atoms. The van der Waals surface area contributed by atoms with Crippen LogP contribution in [0, 0.1) is 17.2 Å². The molecule has 1 aliphatic rings. The highest BCUT2D eigenvalue weighted by Gasteiger charge is 2.21. The van der Waals surface area contributed by atoms with Gasteiger partial charge >= 0.3 is 0 Å². The van der Waals surface area contributed by atoms with Crippen molar-refractivity contribution in [1.29, 1.82) is 5.26 Å². The molecule has 0 aliphatic heterocycles. The zero-order chi connectivity index (χ0) is 14.7. The Morgan fingerprint density at radius 2 is 2.19 bits per heavy atom. The van der Waals surface area contributed by atoms with Gasteiger partial charge in [-0.1, -0.05) is 44.4 Å². The fraction of sp³-hybridized carbons (Fsp3) is 0.444. The molecule has 3 rings (SSSR count). The minimum atomic E-state index is 0.449. The number of rotatable bonds is 3. The number of hydrogen-bond acceptors (Lipinski definition) is 3. The van der Waals surface area contributed by atoms with Gasteiger partial charge < -0.3 is 5.32 Å². The predicted octanol–water partition coefficient (Wildman–Crippen LogP) is 4.49. The summed E-state index contributed by atoms with van der Waals surface area (Å²) in [5.74, 6) is 1.56. The van der Waals surface area contributed by atoms with Gasteiger partial charge in [-0.05, 0) is 30.9 Å². The monoisotopic (exact) mass is 279 g/mol. The molecule has 0 radical (unpaired) electrons. The molecule has 108 valence electrons. The molecular weight excluding hydrogens is 258 g/mol. The third-order valence-electron chi connectivity index (χ3n) is 4.55. The van der Waals surface area contributed by atoms with E-state index in [1.807, 2.05) is 30.3 Å². The van der Waals surface area contributed by atoms with Gasteiger partial charge in [0.1, 0.15) is 11.9 Å². The number of pyridine rings is 1. The second-order valence-electron chi connectivity index (χ2n) is 5.97. The summed E-state index contributed by atoms with van der Waals surface area (Å²) in [4.78, 5) is 4.66. The molecule has 1 aromatic carbocycles. The molecular formula is C18H21N3. The highest BCUT2D eigenvalue weighted by molar-refractivity contribution is 5.82. The van der Waals surface area contributed by atoms with E-state index < -0.39 is 0 Å². The van der Waals surface area contributed by atoms with Crippen LogP contribution in [0.1, 0.15) is 44.6 Å². The maximum atomic E-state index is 9.38. The number of nitriles is 1. The molecule has 3 heteroatoms. The van der Waals surface area contributed by atoms with Gasteiger partial charge in [0.2, 0.25) is 0 Å². The Morgan fingerprint density at radius 3 is 3.00 bits per heavy atom. The fourth-order valence-electron chi connectivity index (χ4n) is 3.30. The number of anilines is 1. The molecule has 1 N–H and O–H groups in total. The van der Waals surface area contributed by atoms with Gasteiger partial charge in [-0.15, -0.1) is 0 Å². The van der Waals surface area contributed by atoms with Crippen molar-refractivity contribution in [3.8, 4) is 6.07 Å². The summed E-state index contributed by atoms with van der Waals surface area (Å²) in [5, 5.41) is 13.9. The van der Waals surface area contributed by atoms with E-state index >= 15 is 0 Å².